The molecule has 0 aliphatic carbocycles. The zero-order valence-corrected chi connectivity index (χ0v) is 12.7. The van der Waals surface area contributed by atoms with Crippen molar-refractivity contribution in [1.29, 1.82) is 0 Å². The van der Waals surface area contributed by atoms with Gasteiger partial charge in [-0.25, -0.2) is 0 Å². The number of rotatable bonds is 5. The molecule has 1 heterocycles. The number of nitrogens with zero attached hydrogens (tertiary/aromatic N) is 1. The number of likely N-dealkylation sites (tertiary alicyclic amines) is 1. The number of nitrogens with one attached hydrogen (secondary N) is 1. The molecule has 0 bridgehead atoms. The van der Waals surface area contributed by atoms with Crippen LogP contribution >= 0.6 is 0 Å². The van der Waals surface area contributed by atoms with Crippen LogP contribution in [-0.2, 0) is 0 Å². The first-order valence-electron chi connectivity index (χ1n) is 7.25. The van der Waals surface area contributed by atoms with Gasteiger partial charge in [0.25, 0.3) is 0 Å². The Labute approximate surface area is 108 Å². The molecule has 1 rings (SSSR count). The van der Waals surface area contributed by atoms with Gasteiger partial charge in [0.2, 0.25) is 0 Å². The van der Waals surface area contributed by atoms with Crippen molar-refractivity contribution in [2.24, 2.45) is 17.3 Å². The quantitative estimate of drug-likeness (QED) is 0.795. The molecule has 0 aromatic rings. The Morgan fingerprint density at radius 2 is 1.82 bits per heavy atom. The summed E-state index contributed by atoms with van der Waals surface area (Å²) in [4.78, 5) is 2.66. The van der Waals surface area contributed by atoms with E-state index in [0.29, 0.717) is 11.5 Å². The molecule has 0 aromatic heterocycles. The Balaban J connectivity index is 2.28. The summed E-state index contributed by atoms with van der Waals surface area (Å²) < 4.78 is 0. The van der Waals surface area contributed by atoms with Crippen LogP contribution in [0.25, 0.3) is 0 Å². The first kappa shape index (κ1) is 15.0. The molecule has 0 saturated carbocycles. The maximum absolute atomic E-state index is 3.57. The molecular weight excluding hydrogens is 208 g/mol. The number of hydrogen-bond acceptors (Lipinski definition) is 2. The first-order valence-corrected chi connectivity index (χ1v) is 7.25. The first-order chi connectivity index (χ1) is 7.80. The van der Waals surface area contributed by atoms with Gasteiger partial charge < -0.3 is 5.32 Å². The number of hydrogen-bond donors (Lipinski definition) is 1. The highest BCUT2D eigenvalue weighted by Gasteiger charge is 2.33. The minimum atomic E-state index is 0.472. The summed E-state index contributed by atoms with van der Waals surface area (Å²) in [5.74, 6) is 1.62. The average Bonchev–Trinajstić information content (AvgIpc) is 2.64. The van der Waals surface area contributed by atoms with Gasteiger partial charge >= 0.3 is 0 Å². The predicted octanol–water partition coefficient (Wildman–Crippen LogP) is 2.99. The van der Waals surface area contributed by atoms with Crippen LogP contribution in [0.2, 0.25) is 0 Å². The van der Waals surface area contributed by atoms with Gasteiger partial charge in [-0.1, -0.05) is 34.6 Å². The lowest BCUT2D eigenvalue weighted by Crippen LogP contribution is -2.40. The summed E-state index contributed by atoms with van der Waals surface area (Å²) in [6.07, 6.45) is 1.37. The predicted molar refractivity (Wildman–Crippen MR) is 76.3 cm³/mol. The van der Waals surface area contributed by atoms with Crippen LogP contribution in [0.1, 0.15) is 48.0 Å². The smallest absolute Gasteiger partial charge is 0.0192 e. The lowest BCUT2D eigenvalue weighted by molar-refractivity contribution is 0.199. The molecule has 0 spiro atoms. The summed E-state index contributed by atoms with van der Waals surface area (Å²) in [5, 5.41) is 3.57. The fourth-order valence-corrected chi connectivity index (χ4v) is 2.60. The van der Waals surface area contributed by atoms with Gasteiger partial charge in [0.15, 0.2) is 0 Å². The normalized spacial score (nSPS) is 24.5. The summed E-state index contributed by atoms with van der Waals surface area (Å²) in [7, 11) is 0. The fraction of sp³-hybridized carbons (Fsp3) is 1.00. The minimum absolute atomic E-state index is 0.472. The molecule has 102 valence electrons. The van der Waals surface area contributed by atoms with Crippen LogP contribution in [-0.4, -0.2) is 37.1 Å². The minimum Gasteiger partial charge on any atom is -0.315 e. The van der Waals surface area contributed by atoms with Crippen molar-refractivity contribution in [2.45, 2.75) is 54.0 Å². The topological polar surface area (TPSA) is 15.3 Å². The van der Waals surface area contributed by atoms with E-state index in [4.69, 9.17) is 0 Å². The van der Waals surface area contributed by atoms with E-state index in [0.717, 1.165) is 24.9 Å². The molecule has 0 aromatic carbocycles. The maximum Gasteiger partial charge on any atom is 0.0192 e. The molecule has 1 fully saturated rings. The molecule has 1 saturated heterocycles. The molecular formula is C15H32N2. The van der Waals surface area contributed by atoms with Crippen molar-refractivity contribution in [3.63, 3.8) is 0 Å². The van der Waals surface area contributed by atoms with E-state index in [1.807, 2.05) is 0 Å². The molecule has 2 nitrogen and oxygen atoms in total. The Morgan fingerprint density at radius 3 is 2.29 bits per heavy atom. The molecule has 0 radical (unpaired) electrons. The lowest BCUT2D eigenvalue weighted by atomic mass is 9.80. The Morgan fingerprint density at radius 1 is 1.18 bits per heavy atom. The van der Waals surface area contributed by atoms with E-state index in [-0.39, 0.29) is 0 Å². The van der Waals surface area contributed by atoms with E-state index < -0.39 is 0 Å². The van der Waals surface area contributed by atoms with Crippen LogP contribution in [0.4, 0.5) is 0 Å². The van der Waals surface area contributed by atoms with Gasteiger partial charge in [0, 0.05) is 19.1 Å². The van der Waals surface area contributed by atoms with E-state index in [9.17, 15) is 0 Å². The van der Waals surface area contributed by atoms with Crippen LogP contribution in [0.3, 0.4) is 0 Å². The van der Waals surface area contributed by atoms with E-state index in [1.54, 1.807) is 0 Å². The largest absolute Gasteiger partial charge is 0.315 e. The average molecular weight is 240 g/mol. The molecule has 2 heteroatoms. The molecule has 2 atom stereocenters. The second kappa shape index (κ2) is 6.19. The zero-order valence-electron chi connectivity index (χ0n) is 12.7. The van der Waals surface area contributed by atoms with Crippen LogP contribution in [0.15, 0.2) is 0 Å². The Hall–Kier alpha value is -0.0800. The maximum atomic E-state index is 3.57. The third kappa shape index (κ3) is 4.97. The van der Waals surface area contributed by atoms with Crippen molar-refractivity contribution in [3.8, 4) is 0 Å². The third-order valence-corrected chi connectivity index (χ3v) is 4.06. The summed E-state index contributed by atoms with van der Waals surface area (Å²) in [6, 6.07) is 0.682. The summed E-state index contributed by atoms with van der Waals surface area (Å²) in [5.41, 5.74) is 0.472. The molecule has 2 unspecified atom stereocenters. The van der Waals surface area contributed by atoms with Gasteiger partial charge in [0.05, 0.1) is 0 Å². The van der Waals surface area contributed by atoms with Gasteiger partial charge in [-0.2, -0.15) is 0 Å². The zero-order chi connectivity index (χ0) is 13.1. The highest BCUT2D eigenvalue weighted by atomic mass is 15.2. The van der Waals surface area contributed by atoms with Crippen molar-refractivity contribution in [1.82, 2.24) is 10.2 Å². The summed E-state index contributed by atoms with van der Waals surface area (Å²) in [6.45, 7) is 18.9. The van der Waals surface area contributed by atoms with Gasteiger partial charge in [-0.05, 0) is 43.7 Å². The van der Waals surface area contributed by atoms with Gasteiger partial charge in [0.1, 0.15) is 0 Å². The second-order valence-electron chi connectivity index (χ2n) is 7.25. The third-order valence-electron chi connectivity index (χ3n) is 4.06. The SMILES string of the molecule is CC(C)CNCC(C)N1CCC(C(C)(C)C)C1. The van der Waals surface area contributed by atoms with E-state index in [1.165, 1.54) is 19.5 Å². The molecule has 0 amide bonds. The molecule has 17 heavy (non-hydrogen) atoms. The van der Waals surface area contributed by atoms with Crippen LogP contribution in [0, 0.1) is 17.3 Å². The highest BCUT2D eigenvalue weighted by Crippen LogP contribution is 2.34. The highest BCUT2D eigenvalue weighted by molar-refractivity contribution is 4.86. The molecule has 1 N–H and O–H groups in total. The van der Waals surface area contributed by atoms with Crippen molar-refractivity contribution < 1.29 is 0 Å². The van der Waals surface area contributed by atoms with Gasteiger partial charge in [-0.15, -0.1) is 0 Å². The van der Waals surface area contributed by atoms with Crippen molar-refractivity contribution in [3.05, 3.63) is 0 Å². The van der Waals surface area contributed by atoms with Crippen molar-refractivity contribution >= 4 is 0 Å². The van der Waals surface area contributed by atoms with Gasteiger partial charge in [-0.3, -0.25) is 4.90 Å². The lowest BCUT2D eigenvalue weighted by Gasteiger charge is -2.29. The molecule has 1 aliphatic rings. The summed E-state index contributed by atoms with van der Waals surface area (Å²) >= 11 is 0. The fourth-order valence-electron chi connectivity index (χ4n) is 2.60. The van der Waals surface area contributed by atoms with Crippen molar-refractivity contribution in [2.75, 3.05) is 26.2 Å². The molecule has 1 aliphatic heterocycles. The Kier molecular flexibility index (Phi) is 5.46. The van der Waals surface area contributed by atoms with E-state index >= 15 is 0 Å². The van der Waals surface area contributed by atoms with Crippen LogP contribution < -0.4 is 5.32 Å². The second-order valence-corrected chi connectivity index (χ2v) is 7.25. The van der Waals surface area contributed by atoms with Crippen LogP contribution in [0.5, 0.6) is 0 Å². The standard InChI is InChI=1S/C15H32N2/c1-12(2)9-16-10-13(3)17-8-7-14(11-17)15(4,5)6/h12-14,16H,7-11H2,1-6H3. The van der Waals surface area contributed by atoms with E-state index in [2.05, 4.69) is 51.8 Å². The monoisotopic (exact) mass is 240 g/mol. The Bertz CT molecular complexity index is 217.